The number of nitriles is 2. The number of rotatable bonds is 33. The molecule has 4 aromatic rings. The molecular formula is C62H80N2O2. The Morgan fingerprint density at radius 3 is 1.21 bits per heavy atom. The van der Waals surface area contributed by atoms with E-state index in [1.54, 1.807) is 6.08 Å². The zero-order chi connectivity index (χ0) is 46.5. The second-order valence-corrected chi connectivity index (χ2v) is 18.2. The van der Waals surface area contributed by atoms with Gasteiger partial charge in [0.1, 0.15) is 29.2 Å². The summed E-state index contributed by atoms with van der Waals surface area (Å²) in [5.74, 6) is 15.1. The molecule has 0 heterocycles. The van der Waals surface area contributed by atoms with Crippen LogP contribution in [0.2, 0.25) is 0 Å². The van der Waals surface area contributed by atoms with Crippen LogP contribution in [0.15, 0.2) is 84.4 Å². The number of nitrogens with zero attached hydrogens (tertiary/aromatic N) is 2. The number of unbranched alkanes of at least 4 members (excludes halogenated alkanes) is 26. The van der Waals surface area contributed by atoms with Gasteiger partial charge in [-0.25, -0.2) is 0 Å². The van der Waals surface area contributed by atoms with Crippen molar-refractivity contribution in [1.29, 1.82) is 10.5 Å². The van der Waals surface area contributed by atoms with Crippen molar-refractivity contribution in [2.24, 2.45) is 0 Å². The van der Waals surface area contributed by atoms with Crippen molar-refractivity contribution >= 4 is 16.8 Å². The maximum absolute atomic E-state index is 9.20. The molecule has 0 aliphatic rings. The Hall–Kier alpha value is -5.42. The van der Waals surface area contributed by atoms with E-state index in [-0.39, 0.29) is 5.57 Å². The van der Waals surface area contributed by atoms with E-state index in [1.807, 2.05) is 48.5 Å². The summed E-state index contributed by atoms with van der Waals surface area (Å²) in [5.41, 5.74) is 4.20. The number of hydrogen-bond donors (Lipinski definition) is 0. The molecule has 4 rings (SSSR count). The molecule has 0 spiro atoms. The van der Waals surface area contributed by atoms with Crippen LogP contribution < -0.4 is 9.47 Å². The summed E-state index contributed by atoms with van der Waals surface area (Å²) >= 11 is 0. The summed E-state index contributed by atoms with van der Waals surface area (Å²) in [4.78, 5) is 0. The summed E-state index contributed by atoms with van der Waals surface area (Å²) in [6.45, 7) is 5.81. The smallest absolute Gasteiger partial charge is 0.136 e. The first-order valence-electron chi connectivity index (χ1n) is 26.2. The normalized spacial score (nSPS) is 10.6. The molecule has 0 fully saturated rings. The average molecular weight is 885 g/mol. The van der Waals surface area contributed by atoms with E-state index in [1.165, 1.54) is 165 Å². The lowest BCUT2D eigenvalue weighted by atomic mass is 10.0. The summed E-state index contributed by atoms with van der Waals surface area (Å²) in [6, 6.07) is 30.2. The van der Waals surface area contributed by atoms with E-state index in [0.717, 1.165) is 65.0 Å². The Labute approximate surface area is 401 Å². The molecule has 0 N–H and O–H groups in total. The van der Waals surface area contributed by atoms with Gasteiger partial charge in [0.15, 0.2) is 0 Å². The first-order chi connectivity index (χ1) is 32.6. The minimum Gasteiger partial charge on any atom is -0.492 e. The van der Waals surface area contributed by atoms with Crippen molar-refractivity contribution in [3.8, 4) is 47.3 Å². The van der Waals surface area contributed by atoms with Gasteiger partial charge in [-0.1, -0.05) is 247 Å². The fraction of sp³-hybridized carbons (Fsp3) is 0.516. The first kappa shape index (κ1) is 53.2. The predicted octanol–water partition coefficient (Wildman–Crippen LogP) is 17.8. The van der Waals surface area contributed by atoms with Crippen LogP contribution in [0.1, 0.15) is 221 Å². The van der Waals surface area contributed by atoms with Crippen LogP contribution in [0.25, 0.3) is 16.8 Å². The molecule has 350 valence electrons. The Morgan fingerprint density at radius 1 is 0.409 bits per heavy atom. The Balaban J connectivity index is 1.41. The minimum atomic E-state index is 0.0693. The van der Waals surface area contributed by atoms with Gasteiger partial charge in [0, 0.05) is 23.3 Å². The molecule has 0 saturated carbocycles. The van der Waals surface area contributed by atoms with E-state index >= 15 is 0 Å². The van der Waals surface area contributed by atoms with Crippen LogP contribution in [-0.2, 0) is 0 Å². The highest BCUT2D eigenvalue weighted by Gasteiger charge is 2.12. The van der Waals surface area contributed by atoms with Crippen LogP contribution in [0, 0.1) is 46.3 Å². The van der Waals surface area contributed by atoms with Gasteiger partial charge in [-0.3, -0.25) is 0 Å². The number of fused-ring (bicyclic) bond motifs is 1. The first-order valence-corrected chi connectivity index (χ1v) is 26.2. The molecule has 4 aromatic carbocycles. The summed E-state index contributed by atoms with van der Waals surface area (Å²) in [6.07, 6.45) is 38.4. The second-order valence-electron chi connectivity index (χ2n) is 18.2. The van der Waals surface area contributed by atoms with Crippen LogP contribution in [0.4, 0.5) is 0 Å². The molecule has 0 amide bonds. The molecule has 0 atom stereocenters. The van der Waals surface area contributed by atoms with Gasteiger partial charge in [-0.05, 0) is 59.5 Å². The fourth-order valence-corrected chi connectivity index (χ4v) is 8.42. The van der Waals surface area contributed by atoms with E-state index in [2.05, 4.69) is 80.0 Å². The molecule has 66 heavy (non-hydrogen) atoms. The molecule has 0 bridgehead atoms. The van der Waals surface area contributed by atoms with Crippen molar-refractivity contribution in [3.63, 3.8) is 0 Å². The van der Waals surface area contributed by atoms with Gasteiger partial charge >= 0.3 is 0 Å². The second kappa shape index (κ2) is 34.9. The van der Waals surface area contributed by atoms with Crippen molar-refractivity contribution in [2.75, 3.05) is 13.2 Å². The zero-order valence-corrected chi connectivity index (χ0v) is 41.0. The molecule has 0 aliphatic carbocycles. The minimum absolute atomic E-state index is 0.0693. The van der Waals surface area contributed by atoms with Crippen molar-refractivity contribution in [3.05, 3.63) is 112 Å². The third-order valence-electron chi connectivity index (χ3n) is 12.5. The van der Waals surface area contributed by atoms with Crippen LogP contribution >= 0.6 is 0 Å². The number of benzene rings is 4. The Morgan fingerprint density at radius 2 is 0.788 bits per heavy atom. The molecule has 4 nitrogen and oxygen atoms in total. The monoisotopic (exact) mass is 885 g/mol. The molecule has 4 heteroatoms. The average Bonchev–Trinajstić information content (AvgIpc) is 3.35. The Kier molecular flexibility index (Phi) is 28.1. The van der Waals surface area contributed by atoms with Crippen molar-refractivity contribution < 1.29 is 9.47 Å². The lowest BCUT2D eigenvalue weighted by Gasteiger charge is -2.14. The maximum atomic E-state index is 9.20. The SMILES string of the molecule is CCCCCCCCCCCCCCCCOc1cc(C#Cc2ccc3ccccc3c2)c(OCCCCCCCCCCCCCCCC)cc1C#Cc1ccc(C=C(C#N)C#N)cc1. The summed E-state index contributed by atoms with van der Waals surface area (Å²) < 4.78 is 13.1. The van der Waals surface area contributed by atoms with Crippen LogP contribution in [-0.4, -0.2) is 13.2 Å². The van der Waals surface area contributed by atoms with Gasteiger partial charge in [0.2, 0.25) is 0 Å². The number of ether oxygens (including phenoxy) is 2. The lowest BCUT2D eigenvalue weighted by Crippen LogP contribution is -2.03. The highest BCUT2D eigenvalue weighted by molar-refractivity contribution is 5.83. The quantitative estimate of drug-likeness (QED) is 0.0272. The number of allylic oxidation sites excluding steroid dienone is 1. The van der Waals surface area contributed by atoms with E-state index in [0.29, 0.717) is 13.2 Å². The van der Waals surface area contributed by atoms with Gasteiger partial charge in [-0.2, -0.15) is 10.5 Å². The standard InChI is InChI=1S/C62H80N2O2/c1-3-5-7-9-11-13-15-17-19-21-23-25-27-31-45-65-61-50-60(44-41-55-40-42-57-33-29-30-34-58(57)48-55)62(66-46-32-28-26-24-22-20-18-16-14-12-10-8-6-4-2)49-59(61)43-39-53-35-37-54(38-36-53)47-56(51-63)52-64/h29-30,33-38,40,42,47-50H,3-28,31-32,45-46H2,1-2H3. The van der Waals surface area contributed by atoms with Crippen molar-refractivity contribution in [2.45, 2.75) is 194 Å². The largest absolute Gasteiger partial charge is 0.492 e. The van der Waals surface area contributed by atoms with E-state index in [4.69, 9.17) is 9.47 Å². The zero-order valence-electron chi connectivity index (χ0n) is 41.0. The van der Waals surface area contributed by atoms with Gasteiger partial charge in [0.05, 0.1) is 24.3 Å². The topological polar surface area (TPSA) is 66.0 Å². The summed E-state index contributed by atoms with van der Waals surface area (Å²) in [7, 11) is 0. The van der Waals surface area contributed by atoms with Crippen LogP contribution in [0.5, 0.6) is 11.5 Å². The molecule has 0 saturated heterocycles. The highest BCUT2D eigenvalue weighted by Crippen LogP contribution is 2.30. The third-order valence-corrected chi connectivity index (χ3v) is 12.5. The van der Waals surface area contributed by atoms with Crippen molar-refractivity contribution in [1.82, 2.24) is 0 Å². The van der Waals surface area contributed by atoms with Gasteiger partial charge < -0.3 is 9.47 Å². The predicted molar refractivity (Wildman–Crippen MR) is 280 cm³/mol. The fourth-order valence-electron chi connectivity index (χ4n) is 8.42. The highest BCUT2D eigenvalue weighted by atomic mass is 16.5. The Bertz CT molecular complexity index is 2180. The molecule has 0 aromatic heterocycles. The number of hydrogen-bond acceptors (Lipinski definition) is 4. The van der Waals surface area contributed by atoms with E-state index in [9.17, 15) is 10.5 Å². The molecular weight excluding hydrogens is 805 g/mol. The van der Waals surface area contributed by atoms with E-state index < -0.39 is 0 Å². The van der Waals surface area contributed by atoms with Crippen LogP contribution in [0.3, 0.4) is 0 Å². The molecule has 0 unspecified atom stereocenters. The van der Waals surface area contributed by atoms with Gasteiger partial charge in [-0.15, -0.1) is 0 Å². The molecule has 0 radical (unpaired) electrons. The maximum Gasteiger partial charge on any atom is 0.136 e. The lowest BCUT2D eigenvalue weighted by molar-refractivity contribution is 0.295. The third kappa shape index (κ3) is 22.7. The molecule has 0 aliphatic heterocycles. The van der Waals surface area contributed by atoms with Gasteiger partial charge in [0.25, 0.3) is 0 Å². The summed E-state index contributed by atoms with van der Waals surface area (Å²) in [5, 5.41) is 20.8.